The molecule has 8 heteroatoms. The molecule has 0 atom stereocenters. The molecular weight excluding hydrogens is 331 g/mol. The molecule has 0 N–H and O–H groups in total. The second-order valence-corrected chi connectivity index (χ2v) is 8.22. The first-order valence-electron chi connectivity index (χ1n) is 8.05. The smallest absolute Gasteiger partial charge is 0.245 e. The van der Waals surface area contributed by atoms with E-state index in [1.54, 1.807) is 6.33 Å². The van der Waals surface area contributed by atoms with Gasteiger partial charge in [-0.25, -0.2) is 12.8 Å². The Morgan fingerprint density at radius 1 is 1.21 bits per heavy atom. The average molecular weight is 352 g/mol. The molecular formula is C16H21FN4O2S. The molecule has 1 saturated heterocycles. The summed E-state index contributed by atoms with van der Waals surface area (Å²) in [6.07, 6.45) is 3.03. The summed E-state index contributed by atoms with van der Waals surface area (Å²) in [5, 5.41) is 8.13. The molecule has 0 saturated carbocycles. The zero-order chi connectivity index (χ0) is 17.3. The molecule has 0 radical (unpaired) electrons. The van der Waals surface area contributed by atoms with Gasteiger partial charge in [0.05, 0.1) is 0 Å². The van der Waals surface area contributed by atoms with Crippen LogP contribution in [0.2, 0.25) is 0 Å². The molecule has 2 aromatic rings. The van der Waals surface area contributed by atoms with Crippen molar-refractivity contribution >= 4 is 10.0 Å². The van der Waals surface area contributed by atoms with Crippen molar-refractivity contribution < 1.29 is 12.8 Å². The van der Waals surface area contributed by atoms with Gasteiger partial charge in [0.1, 0.15) is 22.9 Å². The quantitative estimate of drug-likeness (QED) is 0.848. The van der Waals surface area contributed by atoms with Crippen LogP contribution >= 0.6 is 0 Å². The monoisotopic (exact) mass is 352 g/mol. The van der Waals surface area contributed by atoms with Crippen molar-refractivity contribution in [2.24, 2.45) is 0 Å². The van der Waals surface area contributed by atoms with Crippen molar-refractivity contribution in [1.29, 1.82) is 0 Å². The highest BCUT2D eigenvalue weighted by molar-refractivity contribution is 7.89. The Labute approximate surface area is 141 Å². The highest BCUT2D eigenvalue weighted by atomic mass is 32.2. The summed E-state index contributed by atoms with van der Waals surface area (Å²) in [7, 11) is -3.79. The van der Waals surface area contributed by atoms with Gasteiger partial charge in [0.25, 0.3) is 0 Å². The highest BCUT2D eigenvalue weighted by Gasteiger charge is 2.32. The van der Waals surface area contributed by atoms with Gasteiger partial charge in [0.15, 0.2) is 0 Å². The lowest BCUT2D eigenvalue weighted by atomic mass is 10.1. The third kappa shape index (κ3) is 3.08. The summed E-state index contributed by atoms with van der Waals surface area (Å²) in [4.78, 5) is -0.254. The average Bonchev–Trinajstić information content (AvgIpc) is 3.05. The van der Waals surface area contributed by atoms with Crippen LogP contribution in [0.4, 0.5) is 4.39 Å². The normalized spacial score (nSPS) is 17.5. The van der Waals surface area contributed by atoms with Gasteiger partial charge < -0.3 is 4.57 Å². The molecule has 1 aromatic heterocycles. The lowest BCUT2D eigenvalue weighted by Gasteiger charge is -2.32. The fraction of sp³-hybridized carbons (Fsp3) is 0.500. The summed E-state index contributed by atoms with van der Waals surface area (Å²) in [6.45, 7) is 4.82. The van der Waals surface area contributed by atoms with Crippen LogP contribution in [0.3, 0.4) is 0 Å². The van der Waals surface area contributed by atoms with Crippen LogP contribution in [0.1, 0.15) is 44.5 Å². The molecule has 0 bridgehead atoms. The van der Waals surface area contributed by atoms with Crippen molar-refractivity contribution in [3.05, 3.63) is 42.2 Å². The van der Waals surface area contributed by atoms with Gasteiger partial charge in [-0.2, -0.15) is 4.31 Å². The zero-order valence-electron chi connectivity index (χ0n) is 13.8. The molecule has 1 aliphatic rings. The molecule has 3 rings (SSSR count). The Kier molecular flexibility index (Phi) is 4.69. The van der Waals surface area contributed by atoms with E-state index in [1.165, 1.54) is 28.6 Å². The van der Waals surface area contributed by atoms with Crippen molar-refractivity contribution in [2.75, 3.05) is 13.1 Å². The van der Waals surface area contributed by atoms with E-state index in [4.69, 9.17) is 0 Å². The van der Waals surface area contributed by atoms with Gasteiger partial charge in [-0.15, -0.1) is 10.2 Å². The highest BCUT2D eigenvalue weighted by Crippen LogP contribution is 2.29. The summed E-state index contributed by atoms with van der Waals surface area (Å²) in [6, 6.07) is 5.68. The molecule has 0 aliphatic carbocycles. The Morgan fingerprint density at radius 2 is 1.88 bits per heavy atom. The Balaban J connectivity index is 1.76. The summed E-state index contributed by atoms with van der Waals surface area (Å²) < 4.78 is 42.5. The minimum Gasteiger partial charge on any atom is -0.314 e. The molecule has 0 amide bonds. The van der Waals surface area contributed by atoms with Gasteiger partial charge >= 0.3 is 0 Å². The molecule has 0 unspecified atom stereocenters. The predicted octanol–water partition coefficient (Wildman–Crippen LogP) is 2.57. The second-order valence-electron chi connectivity index (χ2n) is 6.32. The summed E-state index contributed by atoms with van der Waals surface area (Å²) in [5.74, 6) is 0.457. The second kappa shape index (κ2) is 6.60. The van der Waals surface area contributed by atoms with E-state index in [-0.39, 0.29) is 16.9 Å². The van der Waals surface area contributed by atoms with Crippen molar-refractivity contribution in [2.45, 2.75) is 43.5 Å². The maximum atomic E-state index is 13.9. The Morgan fingerprint density at radius 3 is 2.50 bits per heavy atom. The van der Waals surface area contributed by atoms with Crippen LogP contribution in [0.25, 0.3) is 0 Å². The van der Waals surface area contributed by atoms with Crippen LogP contribution in [-0.4, -0.2) is 40.6 Å². The number of aromatic nitrogens is 3. The molecule has 1 fully saturated rings. The van der Waals surface area contributed by atoms with E-state index in [2.05, 4.69) is 24.0 Å². The molecule has 24 heavy (non-hydrogen) atoms. The minimum absolute atomic E-state index is 0.171. The van der Waals surface area contributed by atoms with Gasteiger partial charge in [-0.1, -0.05) is 26.0 Å². The number of hydrogen-bond donors (Lipinski definition) is 0. The van der Waals surface area contributed by atoms with Gasteiger partial charge in [0.2, 0.25) is 10.0 Å². The fourth-order valence-electron chi connectivity index (χ4n) is 3.10. The molecule has 1 aromatic carbocycles. The van der Waals surface area contributed by atoms with E-state index < -0.39 is 15.8 Å². The largest absolute Gasteiger partial charge is 0.314 e. The first kappa shape index (κ1) is 17.0. The van der Waals surface area contributed by atoms with Crippen LogP contribution in [0, 0.1) is 5.82 Å². The van der Waals surface area contributed by atoms with E-state index in [0.29, 0.717) is 25.9 Å². The predicted molar refractivity (Wildman–Crippen MR) is 87.5 cm³/mol. The first-order chi connectivity index (χ1) is 11.4. The van der Waals surface area contributed by atoms with Gasteiger partial charge in [0, 0.05) is 25.0 Å². The Hall–Kier alpha value is -1.80. The van der Waals surface area contributed by atoms with E-state index >= 15 is 0 Å². The maximum Gasteiger partial charge on any atom is 0.245 e. The topological polar surface area (TPSA) is 68.1 Å². The number of halogens is 1. The first-order valence-corrected chi connectivity index (χ1v) is 9.49. The van der Waals surface area contributed by atoms with Crippen LogP contribution in [0.5, 0.6) is 0 Å². The van der Waals surface area contributed by atoms with Crippen molar-refractivity contribution in [1.82, 2.24) is 19.1 Å². The molecule has 130 valence electrons. The van der Waals surface area contributed by atoms with E-state index in [9.17, 15) is 12.8 Å². The summed E-state index contributed by atoms with van der Waals surface area (Å²) >= 11 is 0. The number of hydrogen-bond acceptors (Lipinski definition) is 4. The SMILES string of the molecule is CC(C)c1nncn1C1CCN(S(=O)(=O)c2ccccc2F)CC1. The number of benzene rings is 1. The van der Waals surface area contributed by atoms with Crippen LogP contribution in [0.15, 0.2) is 35.5 Å². The number of nitrogens with zero attached hydrogens (tertiary/aromatic N) is 4. The fourth-order valence-corrected chi connectivity index (χ4v) is 4.63. The standard InChI is InChI=1S/C16H21FN4O2S/c1-12(2)16-19-18-11-21(16)13-7-9-20(10-8-13)24(22,23)15-6-4-3-5-14(15)17/h3-6,11-13H,7-10H2,1-2H3. The number of sulfonamides is 1. The minimum atomic E-state index is -3.79. The molecule has 2 heterocycles. The third-order valence-electron chi connectivity index (χ3n) is 4.39. The molecule has 6 nitrogen and oxygen atoms in total. The van der Waals surface area contributed by atoms with Crippen molar-refractivity contribution in [3.63, 3.8) is 0 Å². The maximum absolute atomic E-state index is 13.9. The number of piperidine rings is 1. The lowest BCUT2D eigenvalue weighted by molar-refractivity contribution is 0.268. The van der Waals surface area contributed by atoms with Crippen molar-refractivity contribution in [3.8, 4) is 0 Å². The Bertz CT molecular complexity index is 811. The van der Waals surface area contributed by atoms with Gasteiger partial charge in [-0.05, 0) is 25.0 Å². The number of rotatable bonds is 4. The van der Waals surface area contributed by atoms with Crippen LogP contribution in [-0.2, 0) is 10.0 Å². The van der Waals surface area contributed by atoms with E-state index in [1.807, 2.05) is 4.57 Å². The van der Waals surface area contributed by atoms with E-state index in [0.717, 1.165) is 5.82 Å². The molecule has 0 spiro atoms. The summed E-state index contributed by atoms with van der Waals surface area (Å²) in [5.41, 5.74) is 0. The zero-order valence-corrected chi connectivity index (χ0v) is 14.6. The lowest BCUT2D eigenvalue weighted by Crippen LogP contribution is -2.39. The van der Waals surface area contributed by atoms with Gasteiger partial charge in [-0.3, -0.25) is 0 Å². The molecule has 1 aliphatic heterocycles. The third-order valence-corrected chi connectivity index (χ3v) is 6.32. The van der Waals surface area contributed by atoms with Crippen LogP contribution < -0.4 is 0 Å².